The number of hydrogen-bond donors (Lipinski definition) is 1. The minimum absolute atomic E-state index is 0.230. The van der Waals surface area contributed by atoms with E-state index in [2.05, 4.69) is 21.2 Å². The van der Waals surface area contributed by atoms with Crippen molar-refractivity contribution in [3.05, 3.63) is 63.1 Å². The third kappa shape index (κ3) is 5.47. The molecule has 1 unspecified atom stereocenters. The standard InChI is InChI=1S/C18H17BrClNO4/c1-11-9-14(20)7-8-15(11)25-10-16(22)21-17(18(23)24-2)12-3-5-13(19)6-4-12/h3-9,17H,10H2,1-2H3,(H,21,22). The number of benzene rings is 2. The van der Waals surface area contributed by atoms with Crippen molar-refractivity contribution < 1.29 is 19.1 Å². The Morgan fingerprint density at radius 1 is 1.20 bits per heavy atom. The first-order valence-electron chi connectivity index (χ1n) is 7.42. The van der Waals surface area contributed by atoms with Crippen LogP contribution in [0.1, 0.15) is 17.2 Å². The van der Waals surface area contributed by atoms with Crippen LogP contribution in [0.5, 0.6) is 5.75 Å². The van der Waals surface area contributed by atoms with Crippen molar-refractivity contribution in [3.63, 3.8) is 0 Å². The number of carbonyl (C=O) groups excluding carboxylic acids is 2. The number of ether oxygens (including phenoxy) is 2. The van der Waals surface area contributed by atoms with Crippen LogP contribution >= 0.6 is 27.5 Å². The van der Waals surface area contributed by atoms with E-state index in [1.54, 1.807) is 42.5 Å². The summed E-state index contributed by atoms with van der Waals surface area (Å²) >= 11 is 9.22. The van der Waals surface area contributed by atoms with Crippen molar-refractivity contribution in [2.75, 3.05) is 13.7 Å². The molecule has 5 nitrogen and oxygen atoms in total. The van der Waals surface area contributed by atoms with Crippen molar-refractivity contribution in [2.45, 2.75) is 13.0 Å². The van der Waals surface area contributed by atoms with Crippen LogP contribution < -0.4 is 10.1 Å². The zero-order valence-corrected chi connectivity index (χ0v) is 16.1. The third-order valence-corrected chi connectivity index (χ3v) is 4.21. The second kappa shape index (κ2) is 8.87. The van der Waals surface area contributed by atoms with Crippen LogP contribution in [0.3, 0.4) is 0 Å². The number of halogens is 2. The van der Waals surface area contributed by atoms with E-state index in [1.165, 1.54) is 7.11 Å². The van der Waals surface area contributed by atoms with Gasteiger partial charge < -0.3 is 14.8 Å². The zero-order chi connectivity index (χ0) is 18.4. The molecule has 0 aliphatic heterocycles. The number of rotatable bonds is 6. The first-order valence-corrected chi connectivity index (χ1v) is 8.59. The van der Waals surface area contributed by atoms with Crippen molar-refractivity contribution in [1.29, 1.82) is 0 Å². The lowest BCUT2D eigenvalue weighted by atomic mass is 10.1. The number of aryl methyl sites for hydroxylation is 1. The monoisotopic (exact) mass is 425 g/mol. The largest absolute Gasteiger partial charge is 0.484 e. The highest BCUT2D eigenvalue weighted by atomic mass is 79.9. The van der Waals surface area contributed by atoms with E-state index < -0.39 is 17.9 Å². The van der Waals surface area contributed by atoms with Gasteiger partial charge in [-0.2, -0.15) is 0 Å². The summed E-state index contributed by atoms with van der Waals surface area (Å²) in [7, 11) is 1.27. The normalized spacial score (nSPS) is 11.5. The van der Waals surface area contributed by atoms with Gasteiger partial charge in [0, 0.05) is 9.50 Å². The summed E-state index contributed by atoms with van der Waals surface area (Å²) in [4.78, 5) is 24.2. The highest BCUT2D eigenvalue weighted by Crippen LogP contribution is 2.22. The predicted molar refractivity (Wildman–Crippen MR) is 98.7 cm³/mol. The van der Waals surface area contributed by atoms with Gasteiger partial charge in [-0.3, -0.25) is 4.79 Å². The van der Waals surface area contributed by atoms with Gasteiger partial charge in [0.25, 0.3) is 5.91 Å². The molecule has 2 aromatic carbocycles. The molecule has 0 radical (unpaired) electrons. The molecule has 1 atom stereocenters. The molecule has 0 saturated carbocycles. The smallest absolute Gasteiger partial charge is 0.333 e. The van der Waals surface area contributed by atoms with Gasteiger partial charge in [0.1, 0.15) is 5.75 Å². The number of nitrogens with one attached hydrogen (secondary N) is 1. The van der Waals surface area contributed by atoms with Gasteiger partial charge in [0.05, 0.1) is 7.11 Å². The summed E-state index contributed by atoms with van der Waals surface area (Å²) in [6.07, 6.45) is 0. The Balaban J connectivity index is 2.04. The molecule has 25 heavy (non-hydrogen) atoms. The van der Waals surface area contributed by atoms with Crippen molar-refractivity contribution in [1.82, 2.24) is 5.32 Å². The van der Waals surface area contributed by atoms with E-state index >= 15 is 0 Å². The number of hydrogen-bond acceptors (Lipinski definition) is 4. The molecule has 0 aliphatic rings. The maximum Gasteiger partial charge on any atom is 0.333 e. The molecule has 0 aromatic heterocycles. The molecule has 132 valence electrons. The molecule has 0 bridgehead atoms. The topological polar surface area (TPSA) is 64.6 Å². The quantitative estimate of drug-likeness (QED) is 0.713. The first-order chi connectivity index (χ1) is 11.9. The second-order valence-corrected chi connectivity index (χ2v) is 6.63. The molecule has 1 amide bonds. The molecule has 0 fully saturated rings. The Kier molecular flexibility index (Phi) is 6.84. The van der Waals surface area contributed by atoms with Gasteiger partial charge in [0.15, 0.2) is 12.6 Å². The molecule has 0 spiro atoms. The Morgan fingerprint density at radius 3 is 2.48 bits per heavy atom. The van der Waals surface area contributed by atoms with Crippen LogP contribution in [0, 0.1) is 6.92 Å². The lowest BCUT2D eigenvalue weighted by Crippen LogP contribution is -2.37. The molecule has 0 saturated heterocycles. The van der Waals surface area contributed by atoms with Crippen LogP contribution in [-0.4, -0.2) is 25.6 Å². The van der Waals surface area contributed by atoms with E-state index in [1.807, 2.05) is 6.92 Å². The Hall–Kier alpha value is -2.05. The predicted octanol–water partition coefficient (Wildman–Crippen LogP) is 3.82. The fourth-order valence-electron chi connectivity index (χ4n) is 2.17. The molecule has 2 aromatic rings. The van der Waals surface area contributed by atoms with E-state index in [4.69, 9.17) is 21.1 Å². The molecular weight excluding hydrogens is 410 g/mol. The summed E-state index contributed by atoms with van der Waals surface area (Å²) in [5, 5.41) is 3.22. The third-order valence-electron chi connectivity index (χ3n) is 3.44. The molecule has 0 aliphatic carbocycles. The van der Waals surface area contributed by atoms with Crippen molar-refractivity contribution in [3.8, 4) is 5.75 Å². The first kappa shape index (κ1) is 19.3. The number of carbonyl (C=O) groups is 2. The van der Waals surface area contributed by atoms with E-state index in [0.717, 1.165) is 10.0 Å². The van der Waals surface area contributed by atoms with Crippen molar-refractivity contribution >= 4 is 39.4 Å². The number of esters is 1. The SMILES string of the molecule is COC(=O)C(NC(=O)COc1ccc(Cl)cc1C)c1ccc(Br)cc1. The minimum Gasteiger partial charge on any atom is -0.484 e. The van der Waals surface area contributed by atoms with Crippen molar-refractivity contribution in [2.24, 2.45) is 0 Å². The fourth-order valence-corrected chi connectivity index (χ4v) is 2.66. The average Bonchev–Trinajstić information content (AvgIpc) is 2.59. The Labute approximate surface area is 159 Å². The Bertz CT molecular complexity index is 764. The molecule has 7 heteroatoms. The van der Waals surface area contributed by atoms with Crippen LogP contribution in [0.4, 0.5) is 0 Å². The Morgan fingerprint density at radius 2 is 1.88 bits per heavy atom. The van der Waals surface area contributed by atoms with E-state index in [-0.39, 0.29) is 6.61 Å². The van der Waals surface area contributed by atoms with Crippen LogP contribution in [0.2, 0.25) is 5.02 Å². The fraction of sp³-hybridized carbons (Fsp3) is 0.222. The van der Waals surface area contributed by atoms with Crippen LogP contribution in [-0.2, 0) is 14.3 Å². The van der Waals surface area contributed by atoms with Gasteiger partial charge in [-0.15, -0.1) is 0 Å². The van der Waals surface area contributed by atoms with Crippen LogP contribution in [0.15, 0.2) is 46.9 Å². The maximum atomic E-state index is 12.2. The highest BCUT2D eigenvalue weighted by Gasteiger charge is 2.23. The highest BCUT2D eigenvalue weighted by molar-refractivity contribution is 9.10. The zero-order valence-electron chi connectivity index (χ0n) is 13.7. The average molecular weight is 427 g/mol. The number of amides is 1. The van der Waals surface area contributed by atoms with Gasteiger partial charge in [-0.05, 0) is 48.4 Å². The van der Waals surface area contributed by atoms with E-state index in [0.29, 0.717) is 16.3 Å². The second-order valence-electron chi connectivity index (χ2n) is 5.27. The van der Waals surface area contributed by atoms with Crippen LogP contribution in [0.25, 0.3) is 0 Å². The summed E-state index contributed by atoms with van der Waals surface area (Å²) in [5.41, 5.74) is 1.43. The molecule has 1 N–H and O–H groups in total. The molecule has 2 rings (SSSR count). The molecule has 0 heterocycles. The minimum atomic E-state index is -0.902. The lowest BCUT2D eigenvalue weighted by molar-refractivity contribution is -0.145. The summed E-state index contributed by atoms with van der Waals surface area (Å²) in [6.45, 7) is 1.60. The van der Waals surface area contributed by atoms with Gasteiger partial charge in [0.2, 0.25) is 0 Å². The maximum absolute atomic E-state index is 12.2. The lowest BCUT2D eigenvalue weighted by Gasteiger charge is -2.17. The van der Waals surface area contributed by atoms with Gasteiger partial charge in [-0.1, -0.05) is 39.7 Å². The summed E-state index contributed by atoms with van der Waals surface area (Å²) < 4.78 is 11.1. The summed E-state index contributed by atoms with van der Waals surface area (Å²) in [5.74, 6) is -0.441. The van der Waals surface area contributed by atoms with Gasteiger partial charge in [-0.25, -0.2) is 4.79 Å². The number of methoxy groups -OCH3 is 1. The van der Waals surface area contributed by atoms with Gasteiger partial charge >= 0.3 is 5.97 Å². The molecular formula is C18H17BrClNO4. The van der Waals surface area contributed by atoms with E-state index in [9.17, 15) is 9.59 Å². The summed E-state index contributed by atoms with van der Waals surface area (Å²) in [6, 6.07) is 11.2.